The molecule has 0 saturated heterocycles. The fraction of sp³-hybridized carbons (Fsp3) is 0.125. The molecule has 2 rings (SSSR count). The summed E-state index contributed by atoms with van der Waals surface area (Å²) in [6.07, 6.45) is 1.50. The van der Waals surface area contributed by atoms with Gasteiger partial charge in [-0.3, -0.25) is 0 Å². The number of hydrogen-bond acceptors (Lipinski definition) is 3. The highest BCUT2D eigenvalue weighted by Gasteiger charge is 2.01. The summed E-state index contributed by atoms with van der Waals surface area (Å²) in [5.41, 5.74) is 10.2. The molecule has 0 fully saturated rings. The molecule has 2 aromatic carbocycles. The lowest BCUT2D eigenvalue weighted by Crippen LogP contribution is -2.24. The number of hydrogen-bond donors (Lipinski definition) is 2. The predicted octanol–water partition coefficient (Wildman–Crippen LogP) is 2.58. The van der Waals surface area contributed by atoms with Crippen LogP contribution >= 0.6 is 0 Å². The molecule has 0 aliphatic carbocycles. The van der Waals surface area contributed by atoms with Crippen molar-refractivity contribution in [3.05, 3.63) is 65.2 Å². The van der Waals surface area contributed by atoms with Crippen molar-refractivity contribution in [3.8, 4) is 5.75 Å². The minimum atomic E-state index is -0.704. The first kappa shape index (κ1) is 14.6. The number of amides is 2. The lowest BCUT2D eigenvalue weighted by atomic mass is 10.1. The van der Waals surface area contributed by atoms with Gasteiger partial charge in [0, 0.05) is 5.56 Å². The van der Waals surface area contributed by atoms with Crippen LogP contribution in [-0.4, -0.2) is 12.2 Å². The molecule has 0 aliphatic rings. The first-order valence-electron chi connectivity index (χ1n) is 6.51. The molecule has 3 N–H and O–H groups in total. The summed E-state index contributed by atoms with van der Waals surface area (Å²) < 4.78 is 5.80. The zero-order valence-corrected chi connectivity index (χ0v) is 11.7. The Morgan fingerprint density at radius 2 is 2.10 bits per heavy atom. The molecule has 0 radical (unpaired) electrons. The fourth-order valence-electron chi connectivity index (χ4n) is 1.85. The molecule has 0 aromatic heterocycles. The molecule has 0 unspecified atom stereocenters. The zero-order valence-electron chi connectivity index (χ0n) is 11.7. The fourth-order valence-corrected chi connectivity index (χ4v) is 1.85. The summed E-state index contributed by atoms with van der Waals surface area (Å²) >= 11 is 0. The number of urea groups is 1. The van der Waals surface area contributed by atoms with E-state index < -0.39 is 6.03 Å². The third-order valence-corrected chi connectivity index (χ3v) is 2.77. The Bertz CT molecular complexity index is 653. The van der Waals surface area contributed by atoms with Gasteiger partial charge in [0.2, 0.25) is 0 Å². The van der Waals surface area contributed by atoms with Crippen LogP contribution in [0, 0.1) is 6.92 Å². The van der Waals surface area contributed by atoms with Crippen molar-refractivity contribution >= 4 is 12.2 Å². The van der Waals surface area contributed by atoms with E-state index in [1.165, 1.54) is 11.8 Å². The lowest BCUT2D eigenvalue weighted by molar-refractivity contribution is 0.249. The maximum absolute atomic E-state index is 10.6. The Morgan fingerprint density at radius 1 is 1.29 bits per heavy atom. The molecule has 2 aromatic rings. The van der Waals surface area contributed by atoms with Gasteiger partial charge in [-0.15, -0.1) is 0 Å². The second kappa shape index (κ2) is 7.09. The number of para-hydroxylation sites is 1. The molecule has 0 aliphatic heterocycles. The number of nitrogens with one attached hydrogen (secondary N) is 1. The van der Waals surface area contributed by atoms with E-state index in [-0.39, 0.29) is 0 Å². The molecule has 0 atom stereocenters. The standard InChI is InChI=1S/C16H17N3O2/c1-12-5-4-6-13(9-12)11-21-15-8-3-2-7-14(15)10-18-19-16(17)20/h2-10H,11H2,1H3,(H3,17,19,20)/b18-10+. The summed E-state index contributed by atoms with van der Waals surface area (Å²) in [7, 11) is 0. The van der Waals surface area contributed by atoms with Crippen molar-refractivity contribution in [3.63, 3.8) is 0 Å². The van der Waals surface area contributed by atoms with Crippen molar-refractivity contribution in [2.75, 3.05) is 0 Å². The summed E-state index contributed by atoms with van der Waals surface area (Å²) in [5, 5.41) is 3.74. The van der Waals surface area contributed by atoms with E-state index in [2.05, 4.69) is 16.6 Å². The summed E-state index contributed by atoms with van der Waals surface area (Å²) in [6.45, 7) is 2.51. The molecule has 5 nitrogen and oxygen atoms in total. The Morgan fingerprint density at radius 3 is 2.86 bits per heavy atom. The number of hydrazone groups is 1. The number of carbonyl (C=O) groups excluding carboxylic acids is 1. The van der Waals surface area contributed by atoms with Gasteiger partial charge in [-0.25, -0.2) is 10.2 Å². The quantitative estimate of drug-likeness (QED) is 0.653. The number of nitrogens with two attached hydrogens (primary N) is 1. The van der Waals surface area contributed by atoms with Crippen LogP contribution in [0.3, 0.4) is 0 Å². The normalized spacial score (nSPS) is 10.5. The van der Waals surface area contributed by atoms with Crippen molar-refractivity contribution in [2.24, 2.45) is 10.8 Å². The van der Waals surface area contributed by atoms with E-state index in [0.29, 0.717) is 12.4 Å². The van der Waals surface area contributed by atoms with Crippen LogP contribution in [0.25, 0.3) is 0 Å². The number of ether oxygens (including phenoxy) is 1. The highest BCUT2D eigenvalue weighted by atomic mass is 16.5. The van der Waals surface area contributed by atoms with E-state index in [4.69, 9.17) is 10.5 Å². The molecule has 0 bridgehead atoms. The molecule has 0 saturated carbocycles. The van der Waals surface area contributed by atoms with E-state index in [9.17, 15) is 4.79 Å². The van der Waals surface area contributed by atoms with Gasteiger partial charge in [-0.2, -0.15) is 5.10 Å². The van der Waals surface area contributed by atoms with Crippen LogP contribution in [0.2, 0.25) is 0 Å². The summed E-state index contributed by atoms with van der Waals surface area (Å²) in [4.78, 5) is 10.6. The topological polar surface area (TPSA) is 76.7 Å². The molecule has 0 spiro atoms. The molecule has 0 heterocycles. The third-order valence-electron chi connectivity index (χ3n) is 2.77. The third kappa shape index (κ3) is 4.65. The summed E-state index contributed by atoms with van der Waals surface area (Å²) in [6, 6.07) is 14.9. The van der Waals surface area contributed by atoms with Crippen LogP contribution in [-0.2, 0) is 6.61 Å². The molecular weight excluding hydrogens is 266 g/mol. The maximum atomic E-state index is 10.6. The molecule has 108 valence electrons. The molecular formula is C16H17N3O2. The number of aryl methyl sites for hydroxylation is 1. The minimum absolute atomic E-state index is 0.468. The number of benzene rings is 2. The van der Waals surface area contributed by atoms with Gasteiger partial charge in [0.1, 0.15) is 12.4 Å². The Kier molecular flexibility index (Phi) is 4.93. The molecule has 5 heteroatoms. The number of nitrogens with zero attached hydrogens (tertiary/aromatic N) is 1. The van der Waals surface area contributed by atoms with Gasteiger partial charge < -0.3 is 10.5 Å². The Hall–Kier alpha value is -2.82. The Labute approximate surface area is 123 Å². The molecule has 21 heavy (non-hydrogen) atoms. The van der Waals surface area contributed by atoms with Crippen molar-refractivity contribution in [1.29, 1.82) is 0 Å². The first-order chi connectivity index (χ1) is 10.1. The van der Waals surface area contributed by atoms with Crippen LogP contribution in [0.1, 0.15) is 16.7 Å². The minimum Gasteiger partial charge on any atom is -0.488 e. The van der Waals surface area contributed by atoms with Crippen molar-refractivity contribution < 1.29 is 9.53 Å². The Balaban J connectivity index is 2.06. The number of rotatable bonds is 5. The highest BCUT2D eigenvalue weighted by molar-refractivity contribution is 5.84. The number of primary amides is 1. The van der Waals surface area contributed by atoms with E-state index >= 15 is 0 Å². The zero-order chi connectivity index (χ0) is 15.1. The second-order valence-corrected chi connectivity index (χ2v) is 4.55. The van der Waals surface area contributed by atoms with E-state index in [1.54, 1.807) is 0 Å². The van der Waals surface area contributed by atoms with Gasteiger partial charge in [0.25, 0.3) is 0 Å². The number of carbonyl (C=O) groups is 1. The van der Waals surface area contributed by atoms with Gasteiger partial charge in [-0.05, 0) is 24.6 Å². The van der Waals surface area contributed by atoms with Crippen LogP contribution in [0.4, 0.5) is 4.79 Å². The second-order valence-electron chi connectivity index (χ2n) is 4.55. The van der Waals surface area contributed by atoms with Gasteiger partial charge >= 0.3 is 6.03 Å². The largest absolute Gasteiger partial charge is 0.488 e. The monoisotopic (exact) mass is 283 g/mol. The van der Waals surface area contributed by atoms with Gasteiger partial charge in [0.15, 0.2) is 0 Å². The van der Waals surface area contributed by atoms with E-state index in [0.717, 1.165) is 11.1 Å². The lowest BCUT2D eigenvalue weighted by Gasteiger charge is -2.09. The summed E-state index contributed by atoms with van der Waals surface area (Å²) in [5.74, 6) is 0.689. The highest BCUT2D eigenvalue weighted by Crippen LogP contribution is 2.17. The maximum Gasteiger partial charge on any atom is 0.332 e. The first-order valence-corrected chi connectivity index (χ1v) is 6.51. The van der Waals surface area contributed by atoms with Crippen LogP contribution < -0.4 is 15.9 Å². The van der Waals surface area contributed by atoms with Gasteiger partial charge in [-0.1, -0.05) is 42.0 Å². The average Bonchev–Trinajstić information content (AvgIpc) is 2.46. The average molecular weight is 283 g/mol. The predicted molar refractivity (Wildman–Crippen MR) is 82.3 cm³/mol. The van der Waals surface area contributed by atoms with Crippen molar-refractivity contribution in [2.45, 2.75) is 13.5 Å². The van der Waals surface area contributed by atoms with Crippen LogP contribution in [0.5, 0.6) is 5.75 Å². The SMILES string of the molecule is Cc1cccc(COc2ccccc2/C=N/NC(N)=O)c1. The van der Waals surface area contributed by atoms with Gasteiger partial charge in [0.05, 0.1) is 6.21 Å². The van der Waals surface area contributed by atoms with Crippen LogP contribution in [0.15, 0.2) is 53.6 Å². The molecule has 2 amide bonds. The van der Waals surface area contributed by atoms with Crippen molar-refractivity contribution in [1.82, 2.24) is 5.43 Å². The van der Waals surface area contributed by atoms with E-state index in [1.807, 2.05) is 49.4 Å². The smallest absolute Gasteiger partial charge is 0.332 e.